The monoisotopic (exact) mass is 293 g/mol. The van der Waals surface area contributed by atoms with E-state index in [0.717, 1.165) is 0 Å². The molecular formula is C9H15N3O8. The number of unbranched alkanes of at least 4 members (excludes halogenated alkanes) is 1. The van der Waals surface area contributed by atoms with E-state index in [0.29, 0.717) is 6.42 Å². The minimum absolute atomic E-state index is 0.0736. The van der Waals surface area contributed by atoms with Gasteiger partial charge in [-0.25, -0.2) is 9.59 Å². The number of alkyl carbamates (subject to hydrolysis) is 1. The van der Waals surface area contributed by atoms with Gasteiger partial charge in [-0.2, -0.15) is 0 Å². The van der Waals surface area contributed by atoms with Crippen molar-refractivity contribution < 1.29 is 34.2 Å². The number of carbonyl (C=O) groups excluding carboxylic acids is 2. The molecule has 11 heteroatoms. The van der Waals surface area contributed by atoms with Crippen LogP contribution in [0.2, 0.25) is 0 Å². The largest absolute Gasteiger partial charge is 0.480 e. The van der Waals surface area contributed by atoms with Gasteiger partial charge in [0.15, 0.2) is 0 Å². The number of ether oxygens (including phenoxy) is 1. The second kappa shape index (κ2) is 9.35. The highest BCUT2D eigenvalue weighted by molar-refractivity contribution is 5.86. The Hall–Kier alpha value is -2.59. The van der Waals surface area contributed by atoms with Crippen LogP contribution in [-0.2, 0) is 19.2 Å². The van der Waals surface area contributed by atoms with Crippen molar-refractivity contribution in [3.63, 3.8) is 0 Å². The molecule has 0 radical (unpaired) electrons. The molecule has 0 saturated heterocycles. The smallest absolute Gasteiger partial charge is 0.407 e. The van der Waals surface area contributed by atoms with Gasteiger partial charge in [-0.3, -0.25) is 4.79 Å². The lowest BCUT2D eigenvalue weighted by Gasteiger charge is -2.12. The maximum Gasteiger partial charge on any atom is 0.407 e. The molecule has 20 heavy (non-hydrogen) atoms. The molecule has 0 aliphatic carbocycles. The first-order valence-electron chi connectivity index (χ1n) is 5.54. The van der Waals surface area contributed by atoms with Crippen molar-refractivity contribution in [2.45, 2.75) is 25.3 Å². The van der Waals surface area contributed by atoms with E-state index in [4.69, 9.17) is 10.8 Å². The molecule has 0 aliphatic heterocycles. The van der Waals surface area contributed by atoms with Crippen molar-refractivity contribution in [1.29, 1.82) is 0 Å². The molecule has 0 aromatic carbocycles. The highest BCUT2D eigenvalue weighted by Gasteiger charge is 2.22. The molecule has 0 heterocycles. The summed E-state index contributed by atoms with van der Waals surface area (Å²) in [5.41, 5.74) is 4.82. The summed E-state index contributed by atoms with van der Waals surface area (Å²) in [5, 5.41) is 19.5. The Balaban J connectivity index is 3.82. The Bertz CT molecular complexity index is 372. The quantitative estimate of drug-likeness (QED) is 0.262. The van der Waals surface area contributed by atoms with Gasteiger partial charge in [-0.05, 0) is 12.8 Å². The van der Waals surface area contributed by atoms with Gasteiger partial charge in [-0.15, -0.1) is 10.1 Å². The topological polar surface area (TPSA) is 171 Å². The third kappa shape index (κ3) is 9.44. The lowest BCUT2D eigenvalue weighted by molar-refractivity contribution is -0.757. The summed E-state index contributed by atoms with van der Waals surface area (Å²) in [4.78, 5) is 46.3. The van der Waals surface area contributed by atoms with E-state index in [1.54, 1.807) is 0 Å². The Labute approximate surface area is 113 Å². The predicted molar refractivity (Wildman–Crippen MR) is 61.9 cm³/mol. The standard InChI is InChI=1S/C9H15N3O8/c10-7(13)5-6(8(14)15)11-9(16)19-3-1-2-4-20-12(17)18/h6H,1-5H2,(H2,10,13)(H,11,16)(H,14,15). The van der Waals surface area contributed by atoms with Crippen molar-refractivity contribution in [3.8, 4) is 0 Å². The first-order valence-corrected chi connectivity index (χ1v) is 5.54. The second-order valence-corrected chi connectivity index (χ2v) is 3.61. The molecular weight excluding hydrogens is 278 g/mol. The highest BCUT2D eigenvalue weighted by atomic mass is 16.9. The molecule has 4 N–H and O–H groups in total. The van der Waals surface area contributed by atoms with Gasteiger partial charge in [0, 0.05) is 0 Å². The van der Waals surface area contributed by atoms with Crippen LogP contribution in [0.5, 0.6) is 0 Å². The summed E-state index contributed by atoms with van der Waals surface area (Å²) in [5.74, 6) is -2.30. The number of nitrogens with one attached hydrogen (secondary N) is 1. The maximum atomic E-state index is 11.2. The van der Waals surface area contributed by atoms with Crippen LogP contribution in [0.25, 0.3) is 0 Å². The van der Waals surface area contributed by atoms with Crippen molar-refractivity contribution in [3.05, 3.63) is 10.1 Å². The molecule has 1 atom stereocenters. The number of carboxylic acid groups (broad SMARTS) is 1. The number of carbonyl (C=O) groups is 3. The number of nitrogens with two attached hydrogens (primary N) is 1. The molecule has 0 saturated carbocycles. The molecule has 0 fully saturated rings. The van der Waals surface area contributed by atoms with Crippen molar-refractivity contribution >= 4 is 18.0 Å². The molecule has 0 aliphatic rings. The first-order chi connectivity index (χ1) is 9.32. The fourth-order valence-corrected chi connectivity index (χ4v) is 1.09. The van der Waals surface area contributed by atoms with Gasteiger partial charge in [0.1, 0.15) is 6.04 Å². The van der Waals surface area contributed by atoms with E-state index >= 15 is 0 Å². The summed E-state index contributed by atoms with van der Waals surface area (Å²) in [6, 6.07) is -1.46. The molecule has 1 unspecified atom stereocenters. The maximum absolute atomic E-state index is 11.2. The van der Waals surface area contributed by atoms with Gasteiger partial charge in [0.25, 0.3) is 5.09 Å². The number of amides is 2. The number of rotatable bonds is 10. The minimum Gasteiger partial charge on any atom is -0.480 e. The van der Waals surface area contributed by atoms with Crippen LogP contribution in [0.4, 0.5) is 4.79 Å². The third-order valence-electron chi connectivity index (χ3n) is 1.96. The Morgan fingerprint density at radius 3 is 2.40 bits per heavy atom. The van der Waals surface area contributed by atoms with Gasteiger partial charge in [-0.1, -0.05) is 0 Å². The summed E-state index contributed by atoms with van der Waals surface area (Å²) in [6.45, 7) is -0.201. The Morgan fingerprint density at radius 2 is 1.90 bits per heavy atom. The van der Waals surface area contributed by atoms with E-state index in [2.05, 4.69) is 9.57 Å². The van der Waals surface area contributed by atoms with Crippen LogP contribution in [0, 0.1) is 10.1 Å². The van der Waals surface area contributed by atoms with Crippen LogP contribution >= 0.6 is 0 Å². The van der Waals surface area contributed by atoms with Gasteiger partial charge >= 0.3 is 12.1 Å². The molecule has 0 rings (SSSR count). The number of hydrogen-bond donors (Lipinski definition) is 3. The number of nitrogens with zero attached hydrogens (tertiary/aromatic N) is 1. The zero-order chi connectivity index (χ0) is 15.5. The minimum atomic E-state index is -1.46. The van der Waals surface area contributed by atoms with Gasteiger partial charge in [0.05, 0.1) is 19.6 Å². The van der Waals surface area contributed by atoms with Crippen LogP contribution in [0.3, 0.4) is 0 Å². The second-order valence-electron chi connectivity index (χ2n) is 3.61. The fourth-order valence-electron chi connectivity index (χ4n) is 1.09. The predicted octanol–water partition coefficient (Wildman–Crippen LogP) is -0.970. The van der Waals surface area contributed by atoms with Crippen LogP contribution < -0.4 is 11.1 Å². The molecule has 2 amide bonds. The molecule has 114 valence electrons. The van der Waals surface area contributed by atoms with E-state index in [9.17, 15) is 24.5 Å². The zero-order valence-electron chi connectivity index (χ0n) is 10.4. The van der Waals surface area contributed by atoms with E-state index < -0.39 is 35.5 Å². The molecule has 0 bridgehead atoms. The van der Waals surface area contributed by atoms with Crippen LogP contribution in [-0.4, -0.2) is 47.4 Å². The van der Waals surface area contributed by atoms with Crippen molar-refractivity contribution in [1.82, 2.24) is 5.32 Å². The average molecular weight is 293 g/mol. The molecule has 0 aromatic rings. The van der Waals surface area contributed by atoms with E-state index in [1.807, 2.05) is 5.32 Å². The zero-order valence-corrected chi connectivity index (χ0v) is 10.4. The normalized spacial score (nSPS) is 11.2. The summed E-state index contributed by atoms with van der Waals surface area (Å²) >= 11 is 0. The lowest BCUT2D eigenvalue weighted by Crippen LogP contribution is -2.43. The summed E-state index contributed by atoms with van der Waals surface area (Å²) in [6.07, 6.45) is -0.984. The third-order valence-corrected chi connectivity index (χ3v) is 1.96. The summed E-state index contributed by atoms with van der Waals surface area (Å²) < 4.78 is 4.62. The highest BCUT2D eigenvalue weighted by Crippen LogP contribution is 1.95. The molecule has 11 nitrogen and oxygen atoms in total. The van der Waals surface area contributed by atoms with Gasteiger partial charge < -0.3 is 25.7 Å². The fraction of sp³-hybridized carbons (Fsp3) is 0.667. The average Bonchev–Trinajstić information content (AvgIpc) is 2.31. The van der Waals surface area contributed by atoms with E-state index in [1.165, 1.54) is 0 Å². The van der Waals surface area contributed by atoms with Crippen molar-refractivity contribution in [2.24, 2.45) is 5.73 Å². The number of carboxylic acids is 1. The Kier molecular flexibility index (Phi) is 8.14. The summed E-state index contributed by atoms with van der Waals surface area (Å²) in [7, 11) is 0. The molecule has 0 spiro atoms. The van der Waals surface area contributed by atoms with E-state index in [-0.39, 0.29) is 19.6 Å². The molecule has 0 aromatic heterocycles. The van der Waals surface area contributed by atoms with Gasteiger partial charge in [0.2, 0.25) is 5.91 Å². The SMILES string of the molecule is NC(=O)CC(NC(=O)OCCCCO[N+](=O)[O-])C(=O)O. The Morgan fingerprint density at radius 1 is 1.30 bits per heavy atom. The number of aliphatic carboxylic acids is 1. The van der Waals surface area contributed by atoms with Crippen LogP contribution in [0.1, 0.15) is 19.3 Å². The first kappa shape index (κ1) is 17.4. The lowest BCUT2D eigenvalue weighted by atomic mass is 10.2. The van der Waals surface area contributed by atoms with Crippen LogP contribution in [0.15, 0.2) is 0 Å². The number of hydrogen-bond acceptors (Lipinski definition) is 7. The van der Waals surface area contributed by atoms with Crippen molar-refractivity contribution in [2.75, 3.05) is 13.2 Å². The number of primary amides is 1.